The maximum atomic E-state index is 5.35. The Hall–Kier alpha value is -0.0800. The van der Waals surface area contributed by atoms with Crippen LogP contribution in [-0.2, 0) is 9.47 Å². The van der Waals surface area contributed by atoms with E-state index in [9.17, 15) is 0 Å². The van der Waals surface area contributed by atoms with Crippen LogP contribution in [0, 0.1) is 5.92 Å². The van der Waals surface area contributed by atoms with Gasteiger partial charge in [-0.15, -0.1) is 0 Å². The van der Waals surface area contributed by atoms with E-state index in [4.69, 9.17) is 9.47 Å². The molecule has 2 atom stereocenters. The molecule has 0 aromatic rings. The van der Waals surface area contributed by atoms with E-state index in [-0.39, 0.29) is 6.29 Å². The molecule has 70 valence electrons. The molecule has 2 unspecified atom stereocenters. The highest BCUT2D eigenvalue weighted by Crippen LogP contribution is 2.35. The van der Waals surface area contributed by atoms with Gasteiger partial charge >= 0.3 is 0 Å². The van der Waals surface area contributed by atoms with Crippen molar-refractivity contribution in [3.8, 4) is 0 Å². The van der Waals surface area contributed by atoms with Gasteiger partial charge in [0.15, 0.2) is 6.29 Å². The summed E-state index contributed by atoms with van der Waals surface area (Å²) in [6.45, 7) is 0. The Balaban J connectivity index is 1.66. The Morgan fingerprint density at radius 1 is 1.25 bits per heavy atom. The van der Waals surface area contributed by atoms with Crippen molar-refractivity contribution in [3.05, 3.63) is 0 Å². The molecule has 0 N–H and O–H groups in total. The van der Waals surface area contributed by atoms with Gasteiger partial charge in [-0.1, -0.05) is 32.1 Å². The number of ether oxygens (including phenoxy) is 2. The first kappa shape index (κ1) is 8.52. The van der Waals surface area contributed by atoms with Gasteiger partial charge in [0.25, 0.3) is 0 Å². The Morgan fingerprint density at radius 2 is 2.00 bits per heavy atom. The lowest BCUT2D eigenvalue weighted by Crippen LogP contribution is -2.10. The van der Waals surface area contributed by atoms with Crippen LogP contribution in [0.4, 0.5) is 0 Å². The molecule has 0 amide bonds. The van der Waals surface area contributed by atoms with E-state index < -0.39 is 0 Å². The lowest BCUT2D eigenvalue weighted by atomic mass is 9.86. The molecular formula is C10H18O2. The predicted molar refractivity (Wildman–Crippen MR) is 46.9 cm³/mol. The van der Waals surface area contributed by atoms with Crippen molar-refractivity contribution >= 4 is 0 Å². The molecule has 1 aliphatic heterocycles. The average Bonchev–Trinajstić information content (AvgIpc) is 2.85. The van der Waals surface area contributed by atoms with Crippen molar-refractivity contribution < 1.29 is 9.47 Å². The van der Waals surface area contributed by atoms with Crippen LogP contribution in [0.5, 0.6) is 0 Å². The molecule has 2 aliphatic rings. The largest absolute Gasteiger partial charge is 0.353 e. The molecule has 1 heterocycles. The lowest BCUT2D eigenvalue weighted by molar-refractivity contribution is 0.0950. The normalized spacial score (nSPS) is 36.8. The minimum Gasteiger partial charge on any atom is -0.353 e. The third-order valence-corrected chi connectivity index (χ3v) is 3.06. The van der Waals surface area contributed by atoms with E-state index in [1.165, 1.54) is 38.5 Å². The zero-order valence-electron chi connectivity index (χ0n) is 7.79. The first-order valence-electron chi connectivity index (χ1n) is 5.08. The van der Waals surface area contributed by atoms with Crippen LogP contribution in [0.3, 0.4) is 0 Å². The van der Waals surface area contributed by atoms with Crippen molar-refractivity contribution in [1.82, 2.24) is 0 Å². The van der Waals surface area contributed by atoms with Crippen molar-refractivity contribution in [2.75, 3.05) is 7.11 Å². The van der Waals surface area contributed by atoms with E-state index in [2.05, 4.69) is 0 Å². The molecule has 2 rings (SSSR count). The molecule has 0 aromatic heterocycles. The molecule has 1 aliphatic carbocycles. The third kappa shape index (κ3) is 1.99. The van der Waals surface area contributed by atoms with Crippen LogP contribution in [-0.4, -0.2) is 19.5 Å². The SMILES string of the molecule is COC1OC1CC1CCCCC1. The Labute approximate surface area is 74.2 Å². The fourth-order valence-electron chi connectivity index (χ4n) is 2.25. The molecule has 0 bridgehead atoms. The summed E-state index contributed by atoms with van der Waals surface area (Å²) in [7, 11) is 1.73. The fraction of sp³-hybridized carbons (Fsp3) is 1.00. The maximum Gasteiger partial charge on any atom is 0.184 e. The molecule has 1 saturated heterocycles. The fourth-order valence-corrected chi connectivity index (χ4v) is 2.25. The van der Waals surface area contributed by atoms with Gasteiger partial charge in [0, 0.05) is 7.11 Å². The number of epoxide rings is 1. The Morgan fingerprint density at radius 3 is 2.58 bits per heavy atom. The monoisotopic (exact) mass is 170 g/mol. The highest BCUT2D eigenvalue weighted by molar-refractivity contribution is 4.80. The lowest BCUT2D eigenvalue weighted by Gasteiger charge is -2.20. The van der Waals surface area contributed by atoms with E-state index in [0.717, 1.165) is 5.92 Å². The second kappa shape index (κ2) is 3.75. The first-order valence-corrected chi connectivity index (χ1v) is 5.08. The summed E-state index contributed by atoms with van der Waals surface area (Å²) in [5, 5.41) is 0. The topological polar surface area (TPSA) is 21.8 Å². The third-order valence-electron chi connectivity index (χ3n) is 3.06. The quantitative estimate of drug-likeness (QED) is 0.606. The van der Waals surface area contributed by atoms with Crippen LogP contribution in [0.1, 0.15) is 38.5 Å². The molecule has 12 heavy (non-hydrogen) atoms. The number of hydrogen-bond donors (Lipinski definition) is 0. The summed E-state index contributed by atoms with van der Waals surface area (Å²) in [5.74, 6) is 0.920. The van der Waals surface area contributed by atoms with Crippen LogP contribution >= 0.6 is 0 Å². The van der Waals surface area contributed by atoms with Gasteiger partial charge in [0.05, 0.1) is 0 Å². The molecule has 2 fully saturated rings. The predicted octanol–water partition coefficient (Wildman–Crippen LogP) is 2.33. The van der Waals surface area contributed by atoms with Gasteiger partial charge in [-0.25, -0.2) is 0 Å². The van der Waals surface area contributed by atoms with Gasteiger partial charge < -0.3 is 9.47 Å². The zero-order chi connectivity index (χ0) is 8.39. The van der Waals surface area contributed by atoms with Crippen LogP contribution in [0.15, 0.2) is 0 Å². The van der Waals surface area contributed by atoms with E-state index in [1.807, 2.05) is 0 Å². The highest BCUT2D eigenvalue weighted by atomic mass is 16.8. The highest BCUT2D eigenvalue weighted by Gasteiger charge is 2.40. The van der Waals surface area contributed by atoms with Gasteiger partial charge in [0.2, 0.25) is 0 Å². The van der Waals surface area contributed by atoms with Gasteiger partial charge in [-0.3, -0.25) is 0 Å². The summed E-state index contributed by atoms with van der Waals surface area (Å²) in [4.78, 5) is 0. The summed E-state index contributed by atoms with van der Waals surface area (Å²) >= 11 is 0. The van der Waals surface area contributed by atoms with Crippen LogP contribution < -0.4 is 0 Å². The first-order chi connectivity index (χ1) is 5.90. The summed E-state index contributed by atoms with van der Waals surface area (Å²) in [5.41, 5.74) is 0. The Kier molecular flexibility index (Phi) is 2.66. The number of rotatable bonds is 3. The number of hydrogen-bond acceptors (Lipinski definition) is 2. The van der Waals surface area contributed by atoms with Crippen molar-refractivity contribution in [1.29, 1.82) is 0 Å². The van der Waals surface area contributed by atoms with Gasteiger partial charge in [0.1, 0.15) is 6.10 Å². The zero-order valence-corrected chi connectivity index (χ0v) is 7.79. The van der Waals surface area contributed by atoms with Crippen LogP contribution in [0.25, 0.3) is 0 Å². The van der Waals surface area contributed by atoms with Crippen molar-refractivity contribution in [3.63, 3.8) is 0 Å². The Bertz CT molecular complexity index is 141. The van der Waals surface area contributed by atoms with Crippen molar-refractivity contribution in [2.24, 2.45) is 5.92 Å². The maximum absolute atomic E-state index is 5.35. The van der Waals surface area contributed by atoms with E-state index in [1.54, 1.807) is 7.11 Å². The summed E-state index contributed by atoms with van der Waals surface area (Å²) in [6.07, 6.45) is 8.91. The molecule has 2 heteroatoms. The van der Waals surface area contributed by atoms with Gasteiger partial charge in [-0.2, -0.15) is 0 Å². The molecular weight excluding hydrogens is 152 g/mol. The van der Waals surface area contributed by atoms with Crippen molar-refractivity contribution in [2.45, 2.75) is 50.9 Å². The average molecular weight is 170 g/mol. The standard InChI is InChI=1S/C10H18O2/c1-11-10-9(12-10)7-8-5-3-2-4-6-8/h8-10H,2-7H2,1H3. The summed E-state index contributed by atoms with van der Waals surface area (Å²) < 4.78 is 10.4. The summed E-state index contributed by atoms with van der Waals surface area (Å²) in [6, 6.07) is 0. The van der Waals surface area contributed by atoms with Crippen LogP contribution in [0.2, 0.25) is 0 Å². The molecule has 1 saturated carbocycles. The molecule has 0 radical (unpaired) electrons. The second-order valence-electron chi connectivity index (χ2n) is 4.02. The minimum absolute atomic E-state index is 0.131. The number of methoxy groups -OCH3 is 1. The molecule has 0 spiro atoms. The van der Waals surface area contributed by atoms with Gasteiger partial charge in [-0.05, 0) is 12.3 Å². The smallest absolute Gasteiger partial charge is 0.184 e. The van der Waals surface area contributed by atoms with E-state index in [0.29, 0.717) is 6.10 Å². The molecule has 2 nitrogen and oxygen atoms in total. The minimum atomic E-state index is 0.131. The van der Waals surface area contributed by atoms with E-state index >= 15 is 0 Å². The molecule has 0 aromatic carbocycles. The second-order valence-corrected chi connectivity index (χ2v) is 4.02.